The Morgan fingerprint density at radius 2 is 1.16 bits per heavy atom. The van der Waals surface area contributed by atoms with Gasteiger partial charge in [-0.2, -0.15) is 0 Å². The van der Waals surface area contributed by atoms with Crippen molar-refractivity contribution in [1.29, 1.82) is 0 Å². The van der Waals surface area contributed by atoms with E-state index in [-0.39, 0.29) is 79.7 Å². The molecule has 1 atom stereocenters. The van der Waals surface area contributed by atoms with E-state index in [0.29, 0.717) is 19.3 Å². The van der Waals surface area contributed by atoms with Crippen LogP contribution in [0.3, 0.4) is 0 Å². The van der Waals surface area contributed by atoms with E-state index < -0.39 is 59.8 Å². The van der Waals surface area contributed by atoms with Crippen molar-refractivity contribution >= 4 is 84.9 Å². The van der Waals surface area contributed by atoms with Gasteiger partial charge in [0, 0.05) is 6.22 Å². The van der Waals surface area contributed by atoms with Gasteiger partial charge in [0.2, 0.25) is 0 Å². The van der Waals surface area contributed by atoms with Crippen LogP contribution < -0.4 is 5.32 Å². The maximum absolute atomic E-state index is 13.1. The Kier molecular flexibility index (Phi) is 19.6. The number of hydrogen-bond acceptors (Lipinski definition) is 12. The third-order valence-electron chi connectivity index (χ3n) is 8.25. The molecule has 1 unspecified atom stereocenters. The molecule has 0 amide bonds. The van der Waals surface area contributed by atoms with Crippen molar-refractivity contribution in [1.82, 2.24) is 10.1 Å². The number of halogens is 4. The number of nitrogens with one attached hydrogen (secondary N) is 1. The standard InChI is InChI=1S/C15H21BFNO5S.C14H18FNO4S.C2H4IOP.ClH/c1-3-23-14(19)15(8-10-18(11-9-15)16(2)20)24(21,22)13-6-4-12(17)5-7-13;1-2-20-13(17)14(7-9-16-10-8-14)21(18,19)12-5-3-11(15)4-6-12;1-2(4)5-3;/h4-7,20H,3,8-11H2,1-2H3;3-6,16H,2,7-10H2,1H3;5H,1H3;1H. The lowest BCUT2D eigenvalue weighted by molar-refractivity contribution is -0.148. The number of hydrogen-bond donors (Lipinski definition) is 2. The second kappa shape index (κ2) is 21.2. The summed E-state index contributed by atoms with van der Waals surface area (Å²) < 4.78 is 84.8. The first-order chi connectivity index (χ1) is 23.4. The molecule has 286 valence electrons. The fourth-order valence-corrected chi connectivity index (χ4v) is 9.37. The number of nitrogens with zero attached hydrogens (tertiary/aromatic N) is 1. The first-order valence-corrected chi connectivity index (χ1v) is 22.9. The second-order valence-electron chi connectivity index (χ2n) is 11.4. The predicted octanol–water partition coefficient (Wildman–Crippen LogP) is 4.38. The van der Waals surface area contributed by atoms with Gasteiger partial charge in [-0.1, -0.05) is 0 Å². The predicted molar refractivity (Wildman–Crippen MR) is 203 cm³/mol. The van der Waals surface area contributed by atoms with E-state index in [1.807, 2.05) is 0 Å². The highest BCUT2D eigenvalue weighted by atomic mass is 127. The topological polar surface area (TPSA) is 173 Å². The van der Waals surface area contributed by atoms with Crippen molar-refractivity contribution in [3.63, 3.8) is 0 Å². The highest BCUT2D eigenvalue weighted by Gasteiger charge is 2.55. The molecule has 2 heterocycles. The number of esters is 2. The number of piperidine rings is 2. The quantitative estimate of drug-likeness (QED) is 0.114. The SMILES string of the molecule is CC(=O)PI.CCOC(=O)C1(S(=O)(=O)c2ccc(F)cc2)CCN(B(C)O)CC1.CCOC(=O)C1(S(=O)(=O)c2ccc(F)cc2)CCNCC1.Cl. The van der Waals surface area contributed by atoms with E-state index >= 15 is 0 Å². The highest BCUT2D eigenvalue weighted by molar-refractivity contribution is 14.2. The summed E-state index contributed by atoms with van der Waals surface area (Å²) in [5.41, 5.74) is 0.269. The summed E-state index contributed by atoms with van der Waals surface area (Å²) >= 11 is 2.06. The van der Waals surface area contributed by atoms with Gasteiger partial charge in [0.1, 0.15) is 11.6 Å². The van der Waals surface area contributed by atoms with E-state index in [2.05, 4.69) is 27.4 Å². The van der Waals surface area contributed by atoms with Gasteiger partial charge in [-0.25, -0.2) is 25.6 Å². The first kappa shape index (κ1) is 47.2. The zero-order valence-electron chi connectivity index (χ0n) is 28.7. The van der Waals surface area contributed by atoms with Crippen LogP contribution in [0.2, 0.25) is 6.82 Å². The summed E-state index contributed by atoms with van der Waals surface area (Å²) in [6.45, 7) is 7.94. The summed E-state index contributed by atoms with van der Waals surface area (Å²) in [6.07, 6.45) is 0.755. The third-order valence-corrected chi connectivity index (χ3v) is 15.8. The normalized spacial score (nSPS) is 17.0. The fraction of sp³-hybridized carbons (Fsp3) is 0.516. The van der Waals surface area contributed by atoms with E-state index in [1.54, 1.807) is 32.4 Å². The first-order valence-electron chi connectivity index (χ1n) is 15.8. The fourth-order valence-electron chi connectivity index (χ4n) is 5.46. The van der Waals surface area contributed by atoms with Crippen molar-refractivity contribution < 1.29 is 54.5 Å². The number of carbonyl (C=O) groups excluding carboxylic acids is 3. The van der Waals surface area contributed by atoms with Gasteiger partial charge in [-0.05, 0) is 150 Å². The molecule has 0 radical (unpaired) electrons. The maximum Gasteiger partial charge on any atom is 0.376 e. The summed E-state index contributed by atoms with van der Waals surface area (Å²) in [5.74, 6) is -2.59. The zero-order chi connectivity index (χ0) is 37.8. The molecule has 12 nitrogen and oxygen atoms in total. The lowest BCUT2D eigenvalue weighted by atomic mass is 9.80. The van der Waals surface area contributed by atoms with Gasteiger partial charge < -0.3 is 24.6 Å². The lowest BCUT2D eigenvalue weighted by Crippen LogP contribution is -2.57. The van der Waals surface area contributed by atoms with E-state index in [1.165, 1.54) is 12.1 Å². The maximum atomic E-state index is 13.1. The molecule has 2 N–H and O–H groups in total. The summed E-state index contributed by atoms with van der Waals surface area (Å²) in [4.78, 5) is 36.2. The van der Waals surface area contributed by atoms with Gasteiger partial charge in [-0.3, -0.25) is 14.4 Å². The number of benzene rings is 2. The lowest BCUT2D eigenvalue weighted by Gasteiger charge is -2.39. The zero-order valence-corrected chi connectivity index (χ0v) is 34.3. The Morgan fingerprint density at radius 3 is 1.45 bits per heavy atom. The van der Waals surface area contributed by atoms with Crippen LogP contribution in [0.4, 0.5) is 8.78 Å². The monoisotopic (exact) mass is 910 g/mol. The molecule has 2 saturated heterocycles. The molecule has 2 aliphatic rings. The molecule has 0 saturated carbocycles. The van der Waals surface area contributed by atoms with E-state index in [0.717, 1.165) is 36.4 Å². The van der Waals surface area contributed by atoms with Crippen molar-refractivity contribution in [3.8, 4) is 0 Å². The van der Waals surface area contributed by atoms with E-state index in [4.69, 9.17) is 9.47 Å². The minimum absolute atomic E-state index is 0. The Morgan fingerprint density at radius 1 is 0.824 bits per heavy atom. The molecule has 4 rings (SSSR count). The van der Waals surface area contributed by atoms with Crippen LogP contribution in [0.5, 0.6) is 0 Å². The molecular formula is C31H44BClF2IN2O10PS2. The Bertz CT molecular complexity index is 1660. The summed E-state index contributed by atoms with van der Waals surface area (Å²) in [6, 6.07) is 8.95. The van der Waals surface area contributed by atoms with Crippen molar-refractivity contribution in [2.24, 2.45) is 0 Å². The average Bonchev–Trinajstić information content (AvgIpc) is 3.09. The molecule has 2 aromatic rings. The Labute approximate surface area is 319 Å². The molecule has 2 aliphatic heterocycles. The minimum Gasteiger partial charge on any atom is -0.465 e. The number of ether oxygens (including phenoxy) is 2. The second-order valence-corrected chi connectivity index (χ2v) is 18.4. The van der Waals surface area contributed by atoms with Crippen LogP contribution in [0.1, 0.15) is 46.5 Å². The van der Waals surface area contributed by atoms with Crippen molar-refractivity contribution in [2.75, 3.05) is 39.4 Å². The van der Waals surface area contributed by atoms with E-state index in [9.17, 15) is 45.0 Å². The van der Waals surface area contributed by atoms with Crippen molar-refractivity contribution in [3.05, 3.63) is 60.2 Å². The van der Waals surface area contributed by atoms with Crippen molar-refractivity contribution in [2.45, 2.75) is 72.6 Å². The molecule has 0 bridgehead atoms. The molecule has 20 heteroatoms. The Balaban J connectivity index is 0.000000445. The summed E-state index contributed by atoms with van der Waals surface area (Å²) in [7, 11) is -8.73. The Hall–Kier alpha value is -1.80. The van der Waals surface area contributed by atoms with Gasteiger partial charge >= 0.3 is 19.0 Å². The molecular weight excluding hydrogens is 867 g/mol. The summed E-state index contributed by atoms with van der Waals surface area (Å²) in [5, 5.41) is 12.7. The van der Waals surface area contributed by atoms with Crippen LogP contribution in [-0.4, -0.2) is 100 Å². The van der Waals surface area contributed by atoms with Gasteiger partial charge in [-0.15, -0.1) is 12.4 Å². The molecule has 51 heavy (non-hydrogen) atoms. The average molecular weight is 911 g/mol. The minimum atomic E-state index is -4.06. The molecule has 0 aromatic heterocycles. The molecule has 0 spiro atoms. The van der Waals surface area contributed by atoms with Crippen LogP contribution in [0.25, 0.3) is 0 Å². The molecule has 2 fully saturated rings. The van der Waals surface area contributed by atoms with Crippen LogP contribution in [0, 0.1) is 11.6 Å². The van der Waals surface area contributed by atoms with Gasteiger partial charge in [0.25, 0.3) is 0 Å². The largest absolute Gasteiger partial charge is 0.465 e. The van der Waals surface area contributed by atoms with Crippen LogP contribution in [0.15, 0.2) is 58.3 Å². The number of rotatable bonds is 10. The molecule has 2 aromatic carbocycles. The highest BCUT2D eigenvalue weighted by Crippen LogP contribution is 2.38. The number of carbonyl (C=O) groups is 3. The van der Waals surface area contributed by atoms with Crippen LogP contribution >= 0.6 is 40.7 Å². The van der Waals surface area contributed by atoms with Gasteiger partial charge in [0.05, 0.1) is 23.0 Å². The third kappa shape index (κ3) is 11.6. The number of sulfone groups is 2. The molecule has 0 aliphatic carbocycles. The van der Waals surface area contributed by atoms with Gasteiger partial charge in [0.15, 0.2) is 34.7 Å². The smallest absolute Gasteiger partial charge is 0.376 e. The van der Waals surface area contributed by atoms with Crippen LogP contribution in [-0.2, 0) is 43.5 Å².